The Labute approximate surface area is 181 Å². The smallest absolute Gasteiger partial charge is 0.161 e. The number of aromatic nitrogens is 2. The van der Waals surface area contributed by atoms with E-state index in [9.17, 15) is 9.90 Å². The monoisotopic (exact) mass is 420 g/mol. The number of carbonyl (C=O) groups excluding carboxylic acids is 1. The first kappa shape index (κ1) is 20.9. The molecule has 1 aromatic heterocycles. The Balaban J connectivity index is 1.43. The van der Waals surface area contributed by atoms with E-state index in [1.807, 2.05) is 24.3 Å². The zero-order chi connectivity index (χ0) is 21.6. The second-order valence-corrected chi connectivity index (χ2v) is 7.61. The van der Waals surface area contributed by atoms with Gasteiger partial charge in [-0.25, -0.2) is 4.98 Å². The van der Waals surface area contributed by atoms with E-state index in [-0.39, 0.29) is 5.56 Å². The summed E-state index contributed by atoms with van der Waals surface area (Å²) in [5, 5.41) is 11.3. The van der Waals surface area contributed by atoms with Crippen LogP contribution in [0.1, 0.15) is 41.0 Å². The van der Waals surface area contributed by atoms with E-state index < -0.39 is 5.97 Å². The Morgan fingerprint density at radius 3 is 2.77 bits per heavy atom. The number of imidazole rings is 1. The number of ether oxygens (including phenoxy) is 2. The van der Waals surface area contributed by atoms with Crippen molar-refractivity contribution < 1.29 is 19.4 Å². The van der Waals surface area contributed by atoms with Crippen LogP contribution in [0.2, 0.25) is 0 Å². The van der Waals surface area contributed by atoms with Crippen molar-refractivity contribution in [2.45, 2.75) is 19.3 Å². The minimum Gasteiger partial charge on any atom is -0.545 e. The van der Waals surface area contributed by atoms with Crippen LogP contribution >= 0.6 is 0 Å². The summed E-state index contributed by atoms with van der Waals surface area (Å²) in [5.41, 5.74) is 2.02. The summed E-state index contributed by atoms with van der Waals surface area (Å²) in [4.78, 5) is 21.2. The Morgan fingerprint density at radius 2 is 2.00 bits per heavy atom. The number of para-hydroxylation sites is 1. The van der Waals surface area contributed by atoms with E-state index in [4.69, 9.17) is 9.47 Å². The molecule has 0 radical (unpaired) electrons. The fraction of sp³-hybridized carbons (Fsp3) is 0.333. The van der Waals surface area contributed by atoms with Gasteiger partial charge in [-0.15, -0.1) is 0 Å². The number of rotatable bonds is 8. The number of aromatic amines is 1. The Kier molecular flexibility index (Phi) is 6.52. The number of hydrogen-bond donors (Lipinski definition) is 1. The summed E-state index contributed by atoms with van der Waals surface area (Å²) in [6.07, 6.45) is 7.54. The van der Waals surface area contributed by atoms with Gasteiger partial charge in [-0.3, -0.25) is 4.90 Å². The quantitative estimate of drug-likeness (QED) is 0.603. The number of benzene rings is 2. The molecule has 1 N–H and O–H groups in total. The largest absolute Gasteiger partial charge is 0.545 e. The fourth-order valence-corrected chi connectivity index (χ4v) is 3.84. The molecule has 0 unspecified atom stereocenters. The van der Waals surface area contributed by atoms with Crippen molar-refractivity contribution in [3.63, 3.8) is 0 Å². The van der Waals surface area contributed by atoms with Crippen LogP contribution < -0.4 is 14.6 Å². The normalized spacial score (nSPS) is 14.9. The first-order valence-electron chi connectivity index (χ1n) is 10.6. The van der Waals surface area contributed by atoms with E-state index in [0.29, 0.717) is 29.2 Å². The number of carboxylic acid groups (broad SMARTS) is 1. The SMILES string of the molecule is COc1cc(/C=C/c2nc3c(C(=O)[O-])cccc3[nH]2)ccc1OCCN1CCCCC1. The van der Waals surface area contributed by atoms with E-state index in [2.05, 4.69) is 14.9 Å². The number of hydrogen-bond acceptors (Lipinski definition) is 6. The third kappa shape index (κ3) is 5.06. The van der Waals surface area contributed by atoms with Gasteiger partial charge in [0.2, 0.25) is 0 Å². The van der Waals surface area contributed by atoms with Crippen molar-refractivity contribution in [2.24, 2.45) is 0 Å². The van der Waals surface area contributed by atoms with Gasteiger partial charge in [-0.05, 0) is 55.8 Å². The van der Waals surface area contributed by atoms with Crippen molar-refractivity contribution >= 4 is 29.2 Å². The maximum atomic E-state index is 11.3. The minimum absolute atomic E-state index is 0.0705. The molecule has 0 amide bonds. The van der Waals surface area contributed by atoms with Crippen LogP contribution in [0.5, 0.6) is 11.5 Å². The summed E-state index contributed by atoms with van der Waals surface area (Å²) in [5.74, 6) is 0.710. The minimum atomic E-state index is -1.24. The van der Waals surface area contributed by atoms with Crippen LogP contribution in [0.15, 0.2) is 36.4 Å². The molecule has 1 aliphatic heterocycles. The van der Waals surface area contributed by atoms with Crippen LogP contribution in [0, 0.1) is 0 Å². The second-order valence-electron chi connectivity index (χ2n) is 7.61. The molecule has 0 atom stereocenters. The number of piperidine rings is 1. The Bertz CT molecular complexity index is 1080. The van der Waals surface area contributed by atoms with Gasteiger partial charge in [0.05, 0.1) is 24.1 Å². The van der Waals surface area contributed by atoms with Crippen LogP contribution in [-0.2, 0) is 0 Å². The molecule has 1 fully saturated rings. The molecule has 7 nitrogen and oxygen atoms in total. The molecule has 3 aromatic rings. The molecule has 162 valence electrons. The van der Waals surface area contributed by atoms with E-state index in [1.54, 1.807) is 25.3 Å². The van der Waals surface area contributed by atoms with Gasteiger partial charge in [-0.1, -0.05) is 30.7 Å². The summed E-state index contributed by atoms with van der Waals surface area (Å²) < 4.78 is 11.5. The second kappa shape index (κ2) is 9.66. The zero-order valence-electron chi connectivity index (χ0n) is 17.6. The Hall–Kier alpha value is -3.32. The third-order valence-corrected chi connectivity index (χ3v) is 5.49. The first-order chi connectivity index (χ1) is 15.1. The average Bonchev–Trinajstić information content (AvgIpc) is 3.22. The lowest BCUT2D eigenvalue weighted by atomic mass is 10.1. The lowest BCUT2D eigenvalue weighted by molar-refractivity contribution is -0.254. The molecule has 1 saturated heterocycles. The number of nitrogens with one attached hydrogen (secondary N) is 1. The highest BCUT2D eigenvalue weighted by atomic mass is 16.5. The maximum absolute atomic E-state index is 11.3. The van der Waals surface area contributed by atoms with Crippen molar-refractivity contribution in [1.82, 2.24) is 14.9 Å². The summed E-state index contributed by atoms with van der Waals surface area (Å²) >= 11 is 0. The van der Waals surface area contributed by atoms with Gasteiger partial charge >= 0.3 is 0 Å². The van der Waals surface area contributed by atoms with Gasteiger partial charge in [0.1, 0.15) is 12.4 Å². The topological polar surface area (TPSA) is 90.5 Å². The maximum Gasteiger partial charge on any atom is 0.161 e. The number of likely N-dealkylation sites (tertiary alicyclic amines) is 1. The molecule has 0 saturated carbocycles. The van der Waals surface area contributed by atoms with Crippen LogP contribution in [0.4, 0.5) is 0 Å². The molecular formula is C24H26N3O4-. The number of methoxy groups -OCH3 is 1. The molecule has 0 aliphatic carbocycles. The predicted octanol–water partition coefficient (Wildman–Crippen LogP) is 2.97. The zero-order valence-corrected chi connectivity index (χ0v) is 17.6. The highest BCUT2D eigenvalue weighted by Crippen LogP contribution is 2.29. The van der Waals surface area contributed by atoms with E-state index >= 15 is 0 Å². The first-order valence-corrected chi connectivity index (χ1v) is 10.6. The van der Waals surface area contributed by atoms with Gasteiger partial charge in [-0.2, -0.15) is 0 Å². The number of aromatic carboxylic acids is 1. The Morgan fingerprint density at radius 1 is 1.16 bits per heavy atom. The van der Waals surface area contributed by atoms with Gasteiger partial charge in [0.25, 0.3) is 0 Å². The molecule has 0 spiro atoms. The highest BCUT2D eigenvalue weighted by Gasteiger charge is 2.11. The molecule has 2 heterocycles. The number of carboxylic acids is 1. The molecule has 0 bridgehead atoms. The molecule has 2 aromatic carbocycles. The lowest BCUT2D eigenvalue weighted by Crippen LogP contribution is -2.33. The lowest BCUT2D eigenvalue weighted by Gasteiger charge is -2.26. The molecule has 4 rings (SSSR count). The summed E-state index contributed by atoms with van der Waals surface area (Å²) in [6.45, 7) is 3.85. The van der Waals surface area contributed by atoms with Gasteiger partial charge in [0, 0.05) is 12.1 Å². The number of fused-ring (bicyclic) bond motifs is 1. The molecule has 31 heavy (non-hydrogen) atoms. The van der Waals surface area contributed by atoms with E-state index in [1.165, 1.54) is 25.3 Å². The average molecular weight is 420 g/mol. The standard InChI is InChI=1S/C24H27N3O4/c1-30-21-16-17(8-10-20(21)31-15-14-27-12-3-2-4-13-27)9-11-22-25-19-7-5-6-18(24(28)29)23(19)26-22/h5-11,16H,2-4,12-15H2,1H3,(H,25,26)(H,28,29)/p-1/b11-9+. The molecule has 7 heteroatoms. The summed E-state index contributed by atoms with van der Waals surface area (Å²) in [7, 11) is 1.63. The number of H-pyrrole nitrogens is 1. The van der Waals surface area contributed by atoms with Crippen molar-refractivity contribution in [3.8, 4) is 11.5 Å². The highest BCUT2D eigenvalue weighted by molar-refractivity contribution is 6.00. The summed E-state index contributed by atoms with van der Waals surface area (Å²) in [6, 6.07) is 10.7. The van der Waals surface area contributed by atoms with Crippen molar-refractivity contribution in [1.29, 1.82) is 0 Å². The molecular weight excluding hydrogens is 394 g/mol. The van der Waals surface area contributed by atoms with Gasteiger partial charge in [0.15, 0.2) is 11.5 Å². The van der Waals surface area contributed by atoms with Gasteiger partial charge < -0.3 is 24.4 Å². The number of carbonyl (C=O) groups is 1. The third-order valence-electron chi connectivity index (χ3n) is 5.49. The van der Waals surface area contributed by atoms with Crippen LogP contribution in [-0.4, -0.2) is 54.2 Å². The van der Waals surface area contributed by atoms with E-state index in [0.717, 1.165) is 30.9 Å². The number of nitrogens with zero attached hydrogens (tertiary/aromatic N) is 2. The molecule has 1 aliphatic rings. The fourth-order valence-electron chi connectivity index (χ4n) is 3.84. The predicted molar refractivity (Wildman–Crippen MR) is 118 cm³/mol. The van der Waals surface area contributed by atoms with Crippen molar-refractivity contribution in [3.05, 3.63) is 53.3 Å². The van der Waals surface area contributed by atoms with Crippen LogP contribution in [0.3, 0.4) is 0 Å². The van der Waals surface area contributed by atoms with Crippen molar-refractivity contribution in [2.75, 3.05) is 33.4 Å². The van der Waals surface area contributed by atoms with Crippen LogP contribution in [0.25, 0.3) is 23.2 Å².